The lowest BCUT2D eigenvalue weighted by molar-refractivity contribution is -0.139. The van der Waals surface area contributed by atoms with Gasteiger partial charge in [0, 0.05) is 5.69 Å². The fourth-order valence-electron chi connectivity index (χ4n) is 4.14. The highest BCUT2D eigenvalue weighted by Crippen LogP contribution is 2.24. The number of amides is 2. The summed E-state index contributed by atoms with van der Waals surface area (Å²) in [5, 5.41) is 3.08. The standard InChI is InChI=1S/C29H38N4O2/c1-18-9-11-26(13-20(18)3)23(6)31-28(34)15-33(25(8)27-12-10-19(2)21(4)14-27)29(35)16-32-17-30-22(5)24(32)7/h9-14,17,23,25H,15-16H2,1-8H3,(H,31,34). The Labute approximate surface area is 209 Å². The maximum absolute atomic E-state index is 13.5. The fourth-order valence-corrected chi connectivity index (χ4v) is 4.14. The topological polar surface area (TPSA) is 67.2 Å². The summed E-state index contributed by atoms with van der Waals surface area (Å²) in [6.07, 6.45) is 1.68. The van der Waals surface area contributed by atoms with Gasteiger partial charge < -0.3 is 14.8 Å². The molecule has 1 heterocycles. The number of nitrogens with one attached hydrogen (secondary N) is 1. The van der Waals surface area contributed by atoms with Crippen LogP contribution in [0.1, 0.15) is 70.7 Å². The first kappa shape index (κ1) is 26.2. The number of aromatic nitrogens is 2. The molecular formula is C29H38N4O2. The molecule has 3 aromatic rings. The highest BCUT2D eigenvalue weighted by atomic mass is 16.2. The molecule has 0 saturated heterocycles. The van der Waals surface area contributed by atoms with E-state index in [9.17, 15) is 9.59 Å². The van der Waals surface area contributed by atoms with Crippen LogP contribution in [0, 0.1) is 41.5 Å². The van der Waals surface area contributed by atoms with Crippen LogP contribution in [-0.4, -0.2) is 32.8 Å². The summed E-state index contributed by atoms with van der Waals surface area (Å²) in [4.78, 5) is 32.6. The van der Waals surface area contributed by atoms with Crippen molar-refractivity contribution < 1.29 is 9.59 Å². The van der Waals surface area contributed by atoms with Gasteiger partial charge in [0.15, 0.2) is 0 Å². The van der Waals surface area contributed by atoms with Crippen molar-refractivity contribution in [1.29, 1.82) is 0 Å². The van der Waals surface area contributed by atoms with E-state index in [1.54, 1.807) is 11.2 Å². The maximum atomic E-state index is 13.5. The van der Waals surface area contributed by atoms with Crippen molar-refractivity contribution in [3.63, 3.8) is 0 Å². The SMILES string of the molecule is Cc1ccc(C(C)NC(=O)CN(C(=O)Cn2cnc(C)c2C)C(C)c2ccc(C)c(C)c2)cc1C. The molecule has 35 heavy (non-hydrogen) atoms. The molecule has 2 amide bonds. The van der Waals surface area contributed by atoms with Gasteiger partial charge >= 0.3 is 0 Å². The van der Waals surface area contributed by atoms with Crippen molar-refractivity contribution in [1.82, 2.24) is 19.8 Å². The zero-order chi connectivity index (χ0) is 25.9. The Morgan fingerprint density at radius 1 is 0.886 bits per heavy atom. The molecule has 2 unspecified atom stereocenters. The van der Waals surface area contributed by atoms with Gasteiger partial charge in [-0.15, -0.1) is 0 Å². The molecule has 1 N–H and O–H groups in total. The number of aryl methyl sites for hydroxylation is 5. The molecule has 0 aliphatic heterocycles. The molecular weight excluding hydrogens is 436 g/mol. The summed E-state index contributed by atoms with van der Waals surface area (Å²) in [5.74, 6) is -0.302. The van der Waals surface area contributed by atoms with Gasteiger partial charge in [0.05, 0.1) is 24.1 Å². The number of benzene rings is 2. The molecule has 6 heteroatoms. The van der Waals surface area contributed by atoms with Gasteiger partial charge in [-0.3, -0.25) is 9.59 Å². The molecule has 0 aliphatic carbocycles. The summed E-state index contributed by atoms with van der Waals surface area (Å²) in [5.41, 5.74) is 8.67. The van der Waals surface area contributed by atoms with Crippen LogP contribution in [-0.2, 0) is 16.1 Å². The van der Waals surface area contributed by atoms with Gasteiger partial charge in [-0.1, -0.05) is 36.4 Å². The second-order valence-corrected chi connectivity index (χ2v) is 9.72. The van der Waals surface area contributed by atoms with Crippen molar-refractivity contribution in [3.05, 3.63) is 87.5 Å². The average molecular weight is 475 g/mol. The molecule has 1 aromatic heterocycles. The fraction of sp³-hybridized carbons (Fsp3) is 0.414. The van der Waals surface area contributed by atoms with Crippen molar-refractivity contribution in [2.75, 3.05) is 6.54 Å². The lowest BCUT2D eigenvalue weighted by Crippen LogP contribution is -2.44. The highest BCUT2D eigenvalue weighted by Gasteiger charge is 2.26. The lowest BCUT2D eigenvalue weighted by atomic mass is 10.0. The Bertz CT molecular complexity index is 1230. The number of carbonyl (C=O) groups is 2. The van der Waals surface area contributed by atoms with E-state index in [-0.39, 0.29) is 37.0 Å². The van der Waals surface area contributed by atoms with E-state index < -0.39 is 0 Å². The Morgan fingerprint density at radius 2 is 1.46 bits per heavy atom. The van der Waals surface area contributed by atoms with E-state index in [1.165, 1.54) is 16.7 Å². The van der Waals surface area contributed by atoms with Crippen LogP contribution in [0.2, 0.25) is 0 Å². The van der Waals surface area contributed by atoms with Crippen LogP contribution in [0.5, 0.6) is 0 Å². The van der Waals surface area contributed by atoms with E-state index in [2.05, 4.69) is 62.3 Å². The van der Waals surface area contributed by atoms with Crippen LogP contribution in [0.4, 0.5) is 0 Å². The third kappa shape index (κ3) is 6.18. The number of nitrogens with zero attached hydrogens (tertiary/aromatic N) is 3. The lowest BCUT2D eigenvalue weighted by Gasteiger charge is -2.30. The minimum atomic E-state index is -0.255. The third-order valence-corrected chi connectivity index (χ3v) is 7.17. The van der Waals surface area contributed by atoms with Gasteiger partial charge in [-0.05, 0) is 88.8 Å². The Hall–Kier alpha value is -3.41. The van der Waals surface area contributed by atoms with Crippen LogP contribution in [0.15, 0.2) is 42.7 Å². The van der Waals surface area contributed by atoms with E-state index in [4.69, 9.17) is 0 Å². The van der Waals surface area contributed by atoms with Gasteiger partial charge in [0.1, 0.15) is 13.1 Å². The van der Waals surface area contributed by atoms with Crippen molar-refractivity contribution in [2.45, 2.75) is 74.0 Å². The van der Waals surface area contributed by atoms with E-state index in [0.717, 1.165) is 28.1 Å². The first-order valence-electron chi connectivity index (χ1n) is 12.2. The van der Waals surface area contributed by atoms with Crippen LogP contribution in [0.25, 0.3) is 0 Å². The van der Waals surface area contributed by atoms with E-state index in [0.29, 0.717) is 0 Å². The second-order valence-electron chi connectivity index (χ2n) is 9.72. The first-order valence-corrected chi connectivity index (χ1v) is 12.2. The van der Waals surface area contributed by atoms with E-state index >= 15 is 0 Å². The summed E-state index contributed by atoms with van der Waals surface area (Å²) < 4.78 is 1.84. The van der Waals surface area contributed by atoms with E-state index in [1.807, 2.05) is 44.4 Å². The molecule has 6 nitrogen and oxygen atoms in total. The monoisotopic (exact) mass is 474 g/mol. The first-order chi connectivity index (χ1) is 16.5. The molecule has 3 rings (SSSR count). The maximum Gasteiger partial charge on any atom is 0.243 e. The Balaban J connectivity index is 1.82. The third-order valence-electron chi connectivity index (χ3n) is 7.17. The average Bonchev–Trinajstić information content (AvgIpc) is 3.12. The molecule has 0 aliphatic rings. The molecule has 0 fully saturated rings. The molecule has 0 spiro atoms. The van der Waals surface area contributed by atoms with Gasteiger partial charge in [0.2, 0.25) is 11.8 Å². The predicted octanol–water partition coefficient (Wildman–Crippen LogP) is 5.20. The predicted molar refractivity (Wildman–Crippen MR) is 140 cm³/mol. The van der Waals surface area contributed by atoms with Gasteiger partial charge in [0.25, 0.3) is 0 Å². The normalized spacial score (nSPS) is 12.8. The summed E-state index contributed by atoms with van der Waals surface area (Å²) in [6.45, 7) is 16.2. The van der Waals surface area contributed by atoms with Crippen molar-refractivity contribution in [3.8, 4) is 0 Å². The van der Waals surface area contributed by atoms with Gasteiger partial charge in [-0.25, -0.2) is 4.98 Å². The van der Waals surface area contributed by atoms with Crippen molar-refractivity contribution in [2.24, 2.45) is 0 Å². The molecule has 0 saturated carbocycles. The molecule has 2 atom stereocenters. The minimum absolute atomic E-state index is 0.0190. The second kappa shape index (κ2) is 10.9. The quantitative estimate of drug-likeness (QED) is 0.488. The Morgan fingerprint density at radius 3 is 2.00 bits per heavy atom. The van der Waals surface area contributed by atoms with Crippen LogP contribution in [0.3, 0.4) is 0 Å². The molecule has 2 aromatic carbocycles. The highest BCUT2D eigenvalue weighted by molar-refractivity contribution is 5.85. The molecule has 0 bridgehead atoms. The number of hydrogen-bond donors (Lipinski definition) is 1. The molecule has 0 radical (unpaired) electrons. The van der Waals surface area contributed by atoms with Gasteiger partial charge in [-0.2, -0.15) is 0 Å². The molecule has 186 valence electrons. The number of imidazole rings is 1. The summed E-state index contributed by atoms with van der Waals surface area (Å²) in [6, 6.07) is 12.0. The minimum Gasteiger partial charge on any atom is -0.348 e. The summed E-state index contributed by atoms with van der Waals surface area (Å²) >= 11 is 0. The number of hydrogen-bond acceptors (Lipinski definition) is 3. The largest absolute Gasteiger partial charge is 0.348 e. The van der Waals surface area contributed by atoms with Crippen LogP contribution >= 0.6 is 0 Å². The number of carbonyl (C=O) groups excluding carboxylic acids is 2. The summed E-state index contributed by atoms with van der Waals surface area (Å²) in [7, 11) is 0. The smallest absolute Gasteiger partial charge is 0.243 e. The zero-order valence-corrected chi connectivity index (χ0v) is 22.3. The van der Waals surface area contributed by atoms with Crippen molar-refractivity contribution >= 4 is 11.8 Å². The van der Waals surface area contributed by atoms with Crippen LogP contribution < -0.4 is 5.32 Å². The zero-order valence-electron chi connectivity index (χ0n) is 22.3. The Kier molecular flexibility index (Phi) is 8.15. The number of rotatable bonds is 8.